The molecule has 0 saturated heterocycles. The van der Waals surface area contributed by atoms with Crippen LogP contribution in [0.15, 0.2) is 24.3 Å². The van der Waals surface area contributed by atoms with Crippen LogP contribution in [0.1, 0.15) is 25.5 Å². The van der Waals surface area contributed by atoms with Crippen LogP contribution in [-0.4, -0.2) is 36.3 Å². The Bertz CT molecular complexity index is 389. The van der Waals surface area contributed by atoms with Gasteiger partial charge in [-0.15, -0.1) is 0 Å². The highest BCUT2D eigenvalue weighted by atomic mass is 28.4. The molecule has 2 unspecified atom stereocenters. The molecule has 0 heterocycles. The molecule has 0 aliphatic rings. The van der Waals surface area contributed by atoms with Crippen LogP contribution < -0.4 is 16.2 Å². The number of benzene rings is 1. The molecule has 0 aliphatic carbocycles. The molecule has 3 N–H and O–H groups in total. The fourth-order valence-electron chi connectivity index (χ4n) is 2.22. The molecule has 0 bridgehead atoms. The largest absolute Gasteiger partial charge is 0.536 e. The lowest BCUT2D eigenvalue weighted by atomic mass is 10.1. The third-order valence-electron chi connectivity index (χ3n) is 3.08. The summed E-state index contributed by atoms with van der Waals surface area (Å²) >= 11 is 0. The molecule has 0 fully saturated rings. The van der Waals surface area contributed by atoms with Crippen LogP contribution in [0.25, 0.3) is 0 Å². The summed E-state index contributed by atoms with van der Waals surface area (Å²) in [4.78, 5) is 0. The van der Waals surface area contributed by atoms with Crippen molar-refractivity contribution in [2.45, 2.75) is 26.1 Å². The monoisotopic (exact) mass is 284 g/mol. The van der Waals surface area contributed by atoms with Crippen LogP contribution in [0.4, 0.5) is 0 Å². The second-order valence-electron chi connectivity index (χ2n) is 4.43. The van der Waals surface area contributed by atoms with Gasteiger partial charge in [0.1, 0.15) is 0 Å². The molecule has 0 aromatic heterocycles. The summed E-state index contributed by atoms with van der Waals surface area (Å²) in [5.74, 6) is 0. The number of hydrogen-bond donors (Lipinski definition) is 2. The first-order valence-corrected chi connectivity index (χ1v) is 7.99. The van der Waals surface area contributed by atoms with Gasteiger partial charge in [-0.2, -0.15) is 0 Å². The third-order valence-corrected chi connectivity index (χ3v) is 5.80. The minimum Gasteiger partial charge on any atom is -0.373 e. The summed E-state index contributed by atoms with van der Waals surface area (Å²) < 4.78 is 16.7. The van der Waals surface area contributed by atoms with Crippen molar-refractivity contribution >= 4 is 14.0 Å². The van der Waals surface area contributed by atoms with Crippen molar-refractivity contribution in [1.82, 2.24) is 5.32 Å². The average molecular weight is 284 g/mol. The van der Waals surface area contributed by atoms with Gasteiger partial charge in [0.05, 0.1) is 6.17 Å². The van der Waals surface area contributed by atoms with Gasteiger partial charge in [0.2, 0.25) is 0 Å². The summed E-state index contributed by atoms with van der Waals surface area (Å²) in [6, 6.07) is 8.05. The van der Waals surface area contributed by atoms with Crippen molar-refractivity contribution in [1.29, 1.82) is 0 Å². The normalized spacial score (nSPS) is 15.3. The summed E-state index contributed by atoms with van der Waals surface area (Å²) in [6.45, 7) is 3.97. The molecule has 1 aromatic rings. The van der Waals surface area contributed by atoms with Gasteiger partial charge in [-0.25, -0.2) is 0 Å². The molecule has 0 aliphatic heterocycles. The lowest BCUT2D eigenvalue weighted by Gasteiger charge is -2.29. The molecule has 6 heteroatoms. The Kier molecular flexibility index (Phi) is 6.12. The van der Waals surface area contributed by atoms with E-state index in [9.17, 15) is 0 Å². The smallest absolute Gasteiger partial charge is 0.373 e. The molecule has 0 amide bonds. The quantitative estimate of drug-likeness (QED) is 0.571. The topological polar surface area (TPSA) is 65.7 Å². The van der Waals surface area contributed by atoms with E-state index in [0.29, 0.717) is 0 Å². The number of nitrogens with two attached hydrogens (primary N) is 1. The zero-order valence-electron chi connectivity index (χ0n) is 12.3. The van der Waals surface area contributed by atoms with E-state index < -0.39 is 8.80 Å². The predicted octanol–water partition coefficient (Wildman–Crippen LogP) is 0.727. The average Bonchev–Trinajstić information content (AvgIpc) is 2.41. The molecule has 1 aromatic carbocycles. The van der Waals surface area contributed by atoms with Crippen LogP contribution >= 0.6 is 0 Å². The lowest BCUT2D eigenvalue weighted by Crippen LogP contribution is -2.56. The highest BCUT2D eigenvalue weighted by Gasteiger charge is 2.43. The molecule has 108 valence electrons. The summed E-state index contributed by atoms with van der Waals surface area (Å²) in [6.07, 6.45) is -0.0910. The van der Waals surface area contributed by atoms with Gasteiger partial charge >= 0.3 is 8.80 Å². The Balaban J connectivity index is 3.21. The summed E-state index contributed by atoms with van der Waals surface area (Å²) in [5.41, 5.74) is 6.87. The van der Waals surface area contributed by atoms with Gasteiger partial charge in [0.25, 0.3) is 0 Å². The Morgan fingerprint density at radius 1 is 1.05 bits per heavy atom. The molecule has 2 atom stereocenters. The SMILES string of the molecule is CO[Si](OC)(OC)c1ccccc1C(C)NC(C)N. The van der Waals surface area contributed by atoms with Crippen molar-refractivity contribution in [3.63, 3.8) is 0 Å². The fourth-order valence-corrected chi connectivity index (χ4v) is 4.33. The first-order valence-electron chi connectivity index (χ1n) is 6.27. The van der Waals surface area contributed by atoms with Gasteiger partial charge in [-0.05, 0) is 19.4 Å². The van der Waals surface area contributed by atoms with Crippen molar-refractivity contribution < 1.29 is 13.3 Å². The molecule has 0 saturated carbocycles. The highest BCUT2D eigenvalue weighted by Crippen LogP contribution is 2.16. The first-order chi connectivity index (χ1) is 9.00. The Labute approximate surface area is 116 Å². The van der Waals surface area contributed by atoms with Crippen LogP contribution in [0.3, 0.4) is 0 Å². The first kappa shape index (κ1) is 16.3. The van der Waals surface area contributed by atoms with E-state index in [4.69, 9.17) is 19.0 Å². The van der Waals surface area contributed by atoms with Gasteiger partial charge in [0.15, 0.2) is 0 Å². The minimum absolute atomic E-state index is 0.0866. The van der Waals surface area contributed by atoms with Crippen LogP contribution in [0.2, 0.25) is 0 Å². The van der Waals surface area contributed by atoms with Crippen molar-refractivity contribution in [2.24, 2.45) is 5.73 Å². The molecule has 19 heavy (non-hydrogen) atoms. The second-order valence-corrected chi connectivity index (χ2v) is 7.31. The van der Waals surface area contributed by atoms with E-state index in [-0.39, 0.29) is 12.2 Å². The Morgan fingerprint density at radius 3 is 2.05 bits per heavy atom. The van der Waals surface area contributed by atoms with Crippen LogP contribution in [-0.2, 0) is 13.3 Å². The zero-order chi connectivity index (χ0) is 14.5. The summed E-state index contributed by atoms with van der Waals surface area (Å²) in [5, 5.41) is 4.24. The lowest BCUT2D eigenvalue weighted by molar-refractivity contribution is 0.140. The summed E-state index contributed by atoms with van der Waals surface area (Å²) in [7, 11) is 2.00. The van der Waals surface area contributed by atoms with E-state index in [1.54, 1.807) is 21.3 Å². The maximum absolute atomic E-state index is 5.79. The fraction of sp³-hybridized carbons (Fsp3) is 0.538. The number of hydrogen-bond acceptors (Lipinski definition) is 5. The van der Waals surface area contributed by atoms with E-state index in [1.807, 2.05) is 31.2 Å². The van der Waals surface area contributed by atoms with E-state index in [2.05, 4.69) is 12.2 Å². The molecular formula is C13H24N2O3Si. The Hall–Kier alpha value is -0.763. The zero-order valence-corrected chi connectivity index (χ0v) is 13.3. The van der Waals surface area contributed by atoms with Crippen LogP contribution in [0, 0.1) is 0 Å². The second kappa shape index (κ2) is 7.13. The van der Waals surface area contributed by atoms with Crippen molar-refractivity contribution in [3.05, 3.63) is 29.8 Å². The predicted molar refractivity (Wildman–Crippen MR) is 78.1 cm³/mol. The standard InChI is InChI=1S/C13H24N2O3Si/c1-10(15-11(2)14)12-8-6-7-9-13(12)19(16-3,17-4)18-5/h6-11,15H,14H2,1-5H3. The molecule has 0 spiro atoms. The van der Waals surface area contributed by atoms with Gasteiger partial charge in [-0.1, -0.05) is 24.3 Å². The maximum Gasteiger partial charge on any atom is 0.536 e. The number of rotatable bonds is 7. The molecule has 0 radical (unpaired) electrons. The Morgan fingerprint density at radius 2 is 1.58 bits per heavy atom. The maximum atomic E-state index is 5.79. The van der Waals surface area contributed by atoms with E-state index >= 15 is 0 Å². The molecule has 5 nitrogen and oxygen atoms in total. The molecule has 1 rings (SSSR count). The van der Waals surface area contributed by atoms with Crippen molar-refractivity contribution in [2.75, 3.05) is 21.3 Å². The minimum atomic E-state index is -2.83. The van der Waals surface area contributed by atoms with Gasteiger partial charge < -0.3 is 19.0 Å². The van der Waals surface area contributed by atoms with E-state index in [1.165, 1.54) is 0 Å². The highest BCUT2D eigenvalue weighted by molar-refractivity contribution is 6.75. The van der Waals surface area contributed by atoms with Crippen molar-refractivity contribution in [3.8, 4) is 0 Å². The molecular weight excluding hydrogens is 260 g/mol. The van der Waals surface area contributed by atoms with Gasteiger partial charge in [0, 0.05) is 32.6 Å². The number of nitrogens with one attached hydrogen (secondary N) is 1. The third kappa shape index (κ3) is 3.62. The van der Waals surface area contributed by atoms with Crippen LogP contribution in [0.5, 0.6) is 0 Å². The van der Waals surface area contributed by atoms with Gasteiger partial charge in [-0.3, -0.25) is 5.32 Å². The van der Waals surface area contributed by atoms with E-state index in [0.717, 1.165) is 10.8 Å².